The summed E-state index contributed by atoms with van der Waals surface area (Å²) in [7, 11) is 0. The molecule has 0 aliphatic carbocycles. The zero-order valence-electron chi connectivity index (χ0n) is 19.2. The molecule has 0 N–H and O–H groups in total. The van der Waals surface area contributed by atoms with Gasteiger partial charge in [0.15, 0.2) is 0 Å². The molecule has 8 aromatic rings. The van der Waals surface area contributed by atoms with Crippen molar-refractivity contribution in [1.82, 2.24) is 14.5 Å². The number of rotatable bonds is 2. The summed E-state index contributed by atoms with van der Waals surface area (Å²) in [5, 5.41) is 6.10. The Hall–Kier alpha value is -4.54. The summed E-state index contributed by atoms with van der Waals surface area (Å²) in [6, 6.07) is 40.6. The summed E-state index contributed by atoms with van der Waals surface area (Å²) in [6.07, 6.45) is 0. The van der Waals surface area contributed by atoms with Gasteiger partial charge < -0.3 is 0 Å². The fourth-order valence-corrected chi connectivity index (χ4v) is 6.50. The number of para-hydroxylation sites is 2. The van der Waals surface area contributed by atoms with Gasteiger partial charge in [0.1, 0.15) is 0 Å². The van der Waals surface area contributed by atoms with Gasteiger partial charge in [-0.05, 0) is 30.3 Å². The maximum Gasteiger partial charge on any atom is 0.235 e. The molecule has 0 unspecified atom stereocenters. The van der Waals surface area contributed by atoms with Gasteiger partial charge in [0.25, 0.3) is 0 Å². The van der Waals surface area contributed by atoms with Gasteiger partial charge in [-0.25, -0.2) is 9.97 Å². The van der Waals surface area contributed by atoms with E-state index < -0.39 is 0 Å². The van der Waals surface area contributed by atoms with Crippen LogP contribution in [0.4, 0.5) is 0 Å². The van der Waals surface area contributed by atoms with E-state index in [1.54, 1.807) is 0 Å². The maximum absolute atomic E-state index is 5.19. The molecule has 5 aromatic carbocycles. The number of fused-ring (bicyclic) bond motifs is 7. The van der Waals surface area contributed by atoms with Gasteiger partial charge in [-0.15, -0.1) is 11.3 Å². The SMILES string of the molecule is c1ccc(-c2nc(-n3c4ccccc4c4cc5c(cc43)sc3ccccc35)nc3ccccc23)cc1. The first-order chi connectivity index (χ1) is 17.8. The monoisotopic (exact) mass is 477 g/mol. The first kappa shape index (κ1) is 19.7. The molecule has 0 spiro atoms. The van der Waals surface area contributed by atoms with Crippen molar-refractivity contribution in [1.29, 1.82) is 0 Å². The lowest BCUT2D eigenvalue weighted by molar-refractivity contribution is 1.01. The molecule has 0 aliphatic heterocycles. The van der Waals surface area contributed by atoms with E-state index in [0.29, 0.717) is 5.95 Å². The van der Waals surface area contributed by atoms with Crippen LogP contribution in [0, 0.1) is 0 Å². The van der Waals surface area contributed by atoms with Gasteiger partial charge in [-0.2, -0.15) is 0 Å². The third-order valence-electron chi connectivity index (χ3n) is 7.01. The normalized spacial score (nSPS) is 11.9. The second-order valence-corrected chi connectivity index (χ2v) is 10.2. The van der Waals surface area contributed by atoms with E-state index in [1.807, 2.05) is 23.5 Å². The van der Waals surface area contributed by atoms with Crippen LogP contribution in [-0.4, -0.2) is 14.5 Å². The van der Waals surface area contributed by atoms with Crippen molar-refractivity contribution >= 4 is 64.2 Å². The van der Waals surface area contributed by atoms with Crippen LogP contribution in [0.3, 0.4) is 0 Å². The maximum atomic E-state index is 5.19. The predicted octanol–water partition coefficient (Wildman–Crippen LogP) is 8.76. The lowest BCUT2D eigenvalue weighted by Crippen LogP contribution is -2.03. The molecule has 0 fully saturated rings. The summed E-state index contributed by atoms with van der Waals surface area (Å²) in [4.78, 5) is 10.3. The Morgan fingerprint density at radius 3 is 2.11 bits per heavy atom. The van der Waals surface area contributed by atoms with E-state index in [9.17, 15) is 0 Å². The second kappa shape index (κ2) is 7.48. The van der Waals surface area contributed by atoms with Gasteiger partial charge in [0.2, 0.25) is 5.95 Å². The average Bonchev–Trinajstić information content (AvgIpc) is 3.46. The van der Waals surface area contributed by atoms with Crippen LogP contribution in [0.1, 0.15) is 0 Å². The standard InChI is InChI=1S/C32H19N3S/c1-2-10-20(11-3-1)31-23-14-4-7-15-26(23)33-32(34-31)35-27-16-8-5-12-21(27)24-18-25-22-13-6-9-17-29(22)36-30(25)19-28(24)35/h1-19H. The summed E-state index contributed by atoms with van der Waals surface area (Å²) < 4.78 is 4.81. The summed E-state index contributed by atoms with van der Waals surface area (Å²) >= 11 is 1.84. The molecule has 0 saturated heterocycles. The minimum atomic E-state index is 0.694. The van der Waals surface area contributed by atoms with Crippen molar-refractivity contribution < 1.29 is 0 Å². The molecule has 0 bridgehead atoms. The van der Waals surface area contributed by atoms with Crippen LogP contribution in [0.2, 0.25) is 0 Å². The van der Waals surface area contributed by atoms with Crippen LogP contribution in [0.25, 0.3) is 70.1 Å². The fourth-order valence-electron chi connectivity index (χ4n) is 5.38. The number of benzene rings is 5. The highest BCUT2D eigenvalue weighted by molar-refractivity contribution is 7.25. The Morgan fingerprint density at radius 2 is 1.22 bits per heavy atom. The molecular weight excluding hydrogens is 458 g/mol. The van der Waals surface area contributed by atoms with E-state index in [2.05, 4.69) is 108 Å². The summed E-state index contributed by atoms with van der Waals surface area (Å²) in [5.41, 5.74) is 5.22. The smallest absolute Gasteiger partial charge is 0.235 e. The van der Waals surface area contributed by atoms with Crippen molar-refractivity contribution in [2.75, 3.05) is 0 Å². The third-order valence-corrected chi connectivity index (χ3v) is 8.14. The van der Waals surface area contributed by atoms with Gasteiger partial charge in [0, 0.05) is 41.9 Å². The van der Waals surface area contributed by atoms with Gasteiger partial charge in [0.05, 0.1) is 22.2 Å². The number of hydrogen-bond acceptors (Lipinski definition) is 3. The van der Waals surface area contributed by atoms with Crippen molar-refractivity contribution in [2.45, 2.75) is 0 Å². The Balaban J connectivity index is 1.52. The molecule has 0 radical (unpaired) electrons. The van der Waals surface area contributed by atoms with Crippen LogP contribution < -0.4 is 0 Å². The quantitative estimate of drug-likeness (QED) is 0.249. The topological polar surface area (TPSA) is 30.7 Å². The lowest BCUT2D eigenvalue weighted by atomic mass is 10.1. The number of nitrogens with zero attached hydrogens (tertiary/aromatic N) is 3. The highest BCUT2D eigenvalue weighted by Crippen LogP contribution is 2.40. The highest BCUT2D eigenvalue weighted by Gasteiger charge is 2.18. The molecule has 36 heavy (non-hydrogen) atoms. The van der Waals surface area contributed by atoms with Crippen molar-refractivity contribution in [3.63, 3.8) is 0 Å². The summed E-state index contributed by atoms with van der Waals surface area (Å²) in [5.74, 6) is 0.694. The molecule has 8 rings (SSSR count). The molecule has 168 valence electrons. The Kier molecular flexibility index (Phi) is 4.10. The first-order valence-electron chi connectivity index (χ1n) is 12.0. The van der Waals surface area contributed by atoms with E-state index in [4.69, 9.17) is 9.97 Å². The molecule has 3 heterocycles. The Bertz CT molecular complexity index is 2100. The molecule has 0 aliphatic rings. The van der Waals surface area contributed by atoms with Gasteiger partial charge >= 0.3 is 0 Å². The van der Waals surface area contributed by atoms with E-state index in [1.165, 1.54) is 30.9 Å². The number of aromatic nitrogens is 3. The molecular formula is C32H19N3S. The first-order valence-corrected chi connectivity index (χ1v) is 12.8. The Labute approximate surface area is 210 Å². The van der Waals surface area contributed by atoms with Crippen LogP contribution in [0.5, 0.6) is 0 Å². The zero-order chi connectivity index (χ0) is 23.6. The minimum absolute atomic E-state index is 0.694. The third kappa shape index (κ3) is 2.79. The predicted molar refractivity (Wildman–Crippen MR) is 152 cm³/mol. The molecule has 4 heteroatoms. The minimum Gasteiger partial charge on any atom is -0.278 e. The van der Waals surface area contributed by atoms with Gasteiger partial charge in [-0.3, -0.25) is 4.57 Å². The fraction of sp³-hybridized carbons (Fsp3) is 0. The number of thiophene rings is 1. The second-order valence-electron chi connectivity index (χ2n) is 9.07. The van der Waals surface area contributed by atoms with Crippen LogP contribution in [0.15, 0.2) is 115 Å². The van der Waals surface area contributed by atoms with Crippen molar-refractivity contribution in [2.24, 2.45) is 0 Å². The van der Waals surface area contributed by atoms with E-state index in [-0.39, 0.29) is 0 Å². The van der Waals surface area contributed by atoms with Crippen molar-refractivity contribution in [3.05, 3.63) is 115 Å². The Morgan fingerprint density at radius 1 is 0.500 bits per heavy atom. The molecule has 0 amide bonds. The largest absolute Gasteiger partial charge is 0.278 e. The van der Waals surface area contributed by atoms with Crippen LogP contribution >= 0.6 is 11.3 Å². The highest BCUT2D eigenvalue weighted by atomic mass is 32.1. The van der Waals surface area contributed by atoms with Gasteiger partial charge in [-0.1, -0.05) is 84.9 Å². The number of hydrogen-bond donors (Lipinski definition) is 0. The molecule has 0 atom stereocenters. The molecule has 3 aromatic heterocycles. The lowest BCUT2D eigenvalue weighted by Gasteiger charge is -2.11. The average molecular weight is 478 g/mol. The molecule has 0 saturated carbocycles. The van der Waals surface area contributed by atoms with Crippen molar-refractivity contribution in [3.8, 4) is 17.2 Å². The van der Waals surface area contributed by atoms with Crippen LogP contribution in [-0.2, 0) is 0 Å². The zero-order valence-corrected chi connectivity index (χ0v) is 20.0. The summed E-state index contributed by atoms with van der Waals surface area (Å²) in [6.45, 7) is 0. The van der Waals surface area contributed by atoms with E-state index in [0.717, 1.165) is 33.2 Å². The van der Waals surface area contributed by atoms with E-state index >= 15 is 0 Å². The molecule has 3 nitrogen and oxygen atoms in total.